The van der Waals surface area contributed by atoms with E-state index in [9.17, 15) is 19.2 Å². The van der Waals surface area contributed by atoms with E-state index in [1.54, 1.807) is 48.5 Å². The van der Waals surface area contributed by atoms with Crippen molar-refractivity contribution in [1.82, 2.24) is 9.55 Å². The molecule has 38 heavy (non-hydrogen) atoms. The highest BCUT2D eigenvalue weighted by Gasteiger charge is 2.49. The molecule has 2 aromatic carbocycles. The van der Waals surface area contributed by atoms with E-state index >= 15 is 4.39 Å². The molecule has 9 nitrogen and oxygen atoms in total. The van der Waals surface area contributed by atoms with Crippen LogP contribution in [-0.2, 0) is 14.3 Å². The summed E-state index contributed by atoms with van der Waals surface area (Å²) in [5, 5.41) is 0.486. The number of hydrogen-bond donors (Lipinski definition) is 1. The number of halogens is 1. The fourth-order valence-corrected chi connectivity index (χ4v) is 5.32. The summed E-state index contributed by atoms with van der Waals surface area (Å²) in [6.45, 7) is 4.77. The van der Waals surface area contributed by atoms with Crippen molar-refractivity contribution < 1.29 is 28.2 Å². The number of carbonyl (C=O) groups is 3. The monoisotopic (exact) mass is 539 g/mol. The Kier molecular flexibility index (Phi) is 8.26. The number of rotatable bonds is 7. The molecule has 0 bridgehead atoms. The van der Waals surface area contributed by atoms with Gasteiger partial charge in [0, 0.05) is 13.1 Å². The Balaban J connectivity index is 1.56. The van der Waals surface area contributed by atoms with E-state index in [1.807, 2.05) is 13.8 Å². The lowest BCUT2D eigenvalue weighted by Gasteiger charge is -2.21. The zero-order valence-corrected chi connectivity index (χ0v) is 21.7. The lowest BCUT2D eigenvalue weighted by Crippen LogP contribution is -2.37. The lowest BCUT2D eigenvalue weighted by atomic mass is 10.1. The molecule has 198 valence electrons. The number of hydrogen-bond acceptors (Lipinski definition) is 8. The third-order valence-electron chi connectivity index (χ3n) is 5.87. The number of nitrogens with one attached hydrogen (secondary N) is 1. The second-order valence-corrected chi connectivity index (χ2v) is 10.3. The number of aryl methyl sites for hydroxylation is 2. The van der Waals surface area contributed by atoms with Gasteiger partial charge in [0.15, 0.2) is 12.3 Å². The molecule has 1 aliphatic heterocycles. The number of nitrogens with zero attached hydrogens (tertiary/aromatic N) is 2. The molecule has 1 N–H and O–H groups in total. The number of aromatic nitrogens is 2. The van der Waals surface area contributed by atoms with Crippen LogP contribution >= 0.6 is 11.8 Å². The van der Waals surface area contributed by atoms with Crippen molar-refractivity contribution >= 4 is 35.4 Å². The number of anilines is 1. The molecular weight excluding hydrogens is 513 g/mol. The van der Waals surface area contributed by atoms with E-state index in [1.165, 1.54) is 19.2 Å². The van der Waals surface area contributed by atoms with Crippen LogP contribution in [0.25, 0.3) is 0 Å². The molecule has 3 aromatic rings. The van der Waals surface area contributed by atoms with Crippen LogP contribution < -0.4 is 11.0 Å². The molecule has 11 heteroatoms. The normalized spacial score (nSPS) is 20.5. The highest BCUT2D eigenvalue weighted by Crippen LogP contribution is 2.45. The smallest absolute Gasteiger partial charge is 0.350 e. The van der Waals surface area contributed by atoms with Crippen LogP contribution in [0, 0.1) is 13.8 Å². The summed E-state index contributed by atoms with van der Waals surface area (Å²) in [6, 6.07) is 14.8. The first-order chi connectivity index (χ1) is 18.1. The standard InChI is InChI=1S/C27H26FN3O6S/c1-15-4-8-18(9-5-15)25(33)36-14-20-23(37-26(34)19-10-6-16(2)7-11-19)22(28)24(38-20)31-13-12-21(29-17(3)32)30-27(31)35/h4-13,20,22-24H,14H2,1-3H3,(H,29,30,32,35)/t20-,22+,23-,24-/m1/s1. The van der Waals surface area contributed by atoms with Gasteiger partial charge in [0.1, 0.15) is 17.8 Å². The number of alkyl halides is 1. The number of benzene rings is 2. The highest BCUT2D eigenvalue weighted by molar-refractivity contribution is 8.00. The van der Waals surface area contributed by atoms with Crippen LogP contribution in [0.3, 0.4) is 0 Å². The van der Waals surface area contributed by atoms with Gasteiger partial charge in [-0.2, -0.15) is 4.98 Å². The summed E-state index contributed by atoms with van der Waals surface area (Å²) in [4.78, 5) is 53.1. The van der Waals surface area contributed by atoms with Gasteiger partial charge in [-0.3, -0.25) is 9.36 Å². The van der Waals surface area contributed by atoms with Crippen molar-refractivity contribution in [2.45, 2.75) is 43.7 Å². The van der Waals surface area contributed by atoms with Gasteiger partial charge >= 0.3 is 17.6 Å². The second kappa shape index (κ2) is 11.6. The van der Waals surface area contributed by atoms with Gasteiger partial charge in [-0.1, -0.05) is 35.4 Å². The Morgan fingerprint density at radius 1 is 0.974 bits per heavy atom. The summed E-state index contributed by atoms with van der Waals surface area (Å²) in [6.07, 6.45) is -1.82. The molecule has 4 rings (SSSR count). The Bertz CT molecular complexity index is 1390. The fourth-order valence-electron chi connectivity index (χ4n) is 3.86. The average Bonchev–Trinajstić information content (AvgIpc) is 3.17. The third-order valence-corrected chi connectivity index (χ3v) is 7.39. The molecule has 2 heterocycles. The zero-order valence-electron chi connectivity index (χ0n) is 20.9. The Labute approximate surface area is 222 Å². The van der Waals surface area contributed by atoms with E-state index < -0.39 is 46.4 Å². The Hall–Kier alpha value is -3.99. The van der Waals surface area contributed by atoms with Gasteiger partial charge < -0.3 is 14.8 Å². The van der Waals surface area contributed by atoms with Crippen LogP contribution in [0.1, 0.15) is 44.1 Å². The van der Waals surface area contributed by atoms with E-state index in [0.717, 1.165) is 27.5 Å². The van der Waals surface area contributed by atoms with Gasteiger partial charge in [-0.15, -0.1) is 11.8 Å². The largest absolute Gasteiger partial charge is 0.461 e. The summed E-state index contributed by atoms with van der Waals surface area (Å²) in [7, 11) is 0. The maximum absolute atomic E-state index is 15.8. The van der Waals surface area contributed by atoms with Crippen LogP contribution in [0.2, 0.25) is 0 Å². The quantitative estimate of drug-likeness (QED) is 0.450. The van der Waals surface area contributed by atoms with Crippen LogP contribution in [0.5, 0.6) is 0 Å². The molecule has 0 unspecified atom stereocenters. The average molecular weight is 540 g/mol. The summed E-state index contributed by atoms with van der Waals surface area (Å²) < 4.78 is 27.9. The number of esters is 2. The van der Waals surface area contributed by atoms with Gasteiger partial charge in [0.25, 0.3) is 0 Å². The SMILES string of the molecule is CC(=O)Nc1ccn([C@@H]2S[C@H](COC(=O)c3ccc(C)cc3)[C@@H](OC(=O)c3ccc(C)cc3)[C@@H]2F)c(=O)n1. The zero-order chi connectivity index (χ0) is 27.4. The van der Waals surface area contributed by atoms with Crippen molar-refractivity contribution in [2.75, 3.05) is 11.9 Å². The van der Waals surface area contributed by atoms with E-state index in [-0.39, 0.29) is 18.0 Å². The Morgan fingerprint density at radius 3 is 2.11 bits per heavy atom. The molecule has 1 aromatic heterocycles. The van der Waals surface area contributed by atoms with Crippen LogP contribution in [0.4, 0.5) is 10.2 Å². The first kappa shape index (κ1) is 27.1. The minimum absolute atomic E-state index is 0.0306. The molecule has 1 saturated heterocycles. The number of carbonyl (C=O) groups excluding carboxylic acids is 3. The molecule has 0 aliphatic carbocycles. The minimum atomic E-state index is -1.82. The first-order valence-corrected chi connectivity index (χ1v) is 12.7. The summed E-state index contributed by atoms with van der Waals surface area (Å²) >= 11 is 0.999. The number of thioether (sulfide) groups is 1. The third kappa shape index (κ3) is 6.28. The maximum Gasteiger partial charge on any atom is 0.350 e. The molecule has 1 aliphatic rings. The maximum atomic E-state index is 15.8. The number of ether oxygens (including phenoxy) is 2. The van der Waals surface area contributed by atoms with Crippen molar-refractivity contribution in [1.29, 1.82) is 0 Å². The predicted octanol–water partition coefficient (Wildman–Crippen LogP) is 3.85. The van der Waals surface area contributed by atoms with Gasteiger partial charge in [-0.05, 0) is 44.2 Å². The van der Waals surface area contributed by atoms with Gasteiger partial charge in [-0.25, -0.2) is 18.8 Å². The van der Waals surface area contributed by atoms with Crippen LogP contribution in [-0.4, -0.2) is 51.5 Å². The Morgan fingerprint density at radius 2 is 1.55 bits per heavy atom. The molecule has 0 spiro atoms. The van der Waals surface area contributed by atoms with E-state index in [4.69, 9.17) is 9.47 Å². The number of amides is 1. The van der Waals surface area contributed by atoms with Crippen LogP contribution in [0.15, 0.2) is 65.6 Å². The van der Waals surface area contributed by atoms with Crippen molar-refractivity contribution in [3.05, 3.63) is 93.5 Å². The molecule has 4 atom stereocenters. The molecule has 0 radical (unpaired) electrons. The molecular formula is C27H26FN3O6S. The van der Waals surface area contributed by atoms with Gasteiger partial charge in [0.2, 0.25) is 5.91 Å². The highest BCUT2D eigenvalue weighted by atomic mass is 32.2. The predicted molar refractivity (Wildman–Crippen MR) is 140 cm³/mol. The topological polar surface area (TPSA) is 117 Å². The first-order valence-electron chi connectivity index (χ1n) is 11.8. The lowest BCUT2D eigenvalue weighted by molar-refractivity contribution is -0.114. The van der Waals surface area contributed by atoms with Crippen molar-refractivity contribution in [2.24, 2.45) is 0 Å². The summed E-state index contributed by atoms with van der Waals surface area (Å²) in [5.74, 6) is -1.72. The fraction of sp³-hybridized carbons (Fsp3) is 0.296. The second-order valence-electron chi connectivity index (χ2n) is 8.89. The van der Waals surface area contributed by atoms with Gasteiger partial charge in [0.05, 0.1) is 16.4 Å². The summed E-state index contributed by atoms with van der Waals surface area (Å²) in [5.41, 5.74) is 1.69. The van der Waals surface area contributed by atoms with E-state index in [2.05, 4.69) is 10.3 Å². The molecule has 1 amide bonds. The molecule has 0 saturated carbocycles. The van der Waals surface area contributed by atoms with E-state index in [0.29, 0.717) is 5.56 Å². The minimum Gasteiger partial charge on any atom is -0.461 e. The van der Waals surface area contributed by atoms with Crippen molar-refractivity contribution in [3.63, 3.8) is 0 Å². The van der Waals surface area contributed by atoms with Crippen molar-refractivity contribution in [3.8, 4) is 0 Å². The molecule has 1 fully saturated rings.